The number of methoxy groups -OCH3 is 1. The van der Waals surface area contributed by atoms with Gasteiger partial charge in [-0.3, -0.25) is 9.69 Å². The van der Waals surface area contributed by atoms with E-state index >= 15 is 0 Å². The number of halogens is 1. The fourth-order valence-electron chi connectivity index (χ4n) is 4.40. The molecule has 1 aliphatic carbocycles. The Morgan fingerprint density at radius 1 is 1.23 bits per heavy atom. The lowest BCUT2D eigenvalue weighted by Crippen LogP contribution is -2.25. The van der Waals surface area contributed by atoms with E-state index < -0.39 is 5.97 Å². The van der Waals surface area contributed by atoms with E-state index in [2.05, 4.69) is 4.90 Å². The number of benzene rings is 2. The molecule has 2 aromatic carbocycles. The molecule has 1 N–H and O–H groups in total. The number of rotatable bonds is 9. The fraction of sp³-hybridized carbons (Fsp3) is 0.458. The van der Waals surface area contributed by atoms with Crippen molar-refractivity contribution in [1.82, 2.24) is 4.90 Å². The van der Waals surface area contributed by atoms with Crippen LogP contribution in [0.25, 0.3) is 0 Å². The third kappa shape index (κ3) is 5.11. The first-order chi connectivity index (χ1) is 14.5. The topological polar surface area (TPSA) is 59.0 Å². The number of ether oxygens (including phenoxy) is 2. The number of carbonyl (C=O) groups is 1. The molecule has 2 unspecified atom stereocenters. The van der Waals surface area contributed by atoms with Crippen molar-refractivity contribution in [3.63, 3.8) is 0 Å². The highest BCUT2D eigenvalue weighted by Crippen LogP contribution is 2.45. The van der Waals surface area contributed by atoms with Crippen molar-refractivity contribution in [2.75, 3.05) is 20.2 Å². The zero-order valence-electron chi connectivity index (χ0n) is 17.2. The molecule has 4 rings (SSSR count). The van der Waals surface area contributed by atoms with Crippen molar-refractivity contribution in [1.29, 1.82) is 0 Å². The minimum atomic E-state index is -0.752. The third-order valence-electron chi connectivity index (χ3n) is 6.04. The Bertz CT molecular complexity index is 899. The van der Waals surface area contributed by atoms with Crippen LogP contribution in [0.2, 0.25) is 0 Å². The van der Waals surface area contributed by atoms with Gasteiger partial charge >= 0.3 is 5.97 Å². The molecule has 1 saturated carbocycles. The van der Waals surface area contributed by atoms with Gasteiger partial charge in [0, 0.05) is 25.2 Å². The van der Waals surface area contributed by atoms with Crippen molar-refractivity contribution in [3.8, 4) is 11.5 Å². The van der Waals surface area contributed by atoms with Gasteiger partial charge < -0.3 is 14.6 Å². The Hall–Kier alpha value is -2.60. The Morgan fingerprint density at radius 3 is 2.80 bits per heavy atom. The predicted molar refractivity (Wildman–Crippen MR) is 111 cm³/mol. The molecule has 1 saturated heterocycles. The van der Waals surface area contributed by atoms with Crippen LogP contribution in [-0.4, -0.2) is 42.3 Å². The number of carboxylic acid groups (broad SMARTS) is 1. The largest absolute Gasteiger partial charge is 0.496 e. The maximum atomic E-state index is 13.6. The lowest BCUT2D eigenvalue weighted by molar-refractivity contribution is -0.137. The van der Waals surface area contributed by atoms with E-state index in [9.17, 15) is 14.3 Å². The van der Waals surface area contributed by atoms with Gasteiger partial charge in [-0.05, 0) is 67.0 Å². The van der Waals surface area contributed by atoms with Crippen LogP contribution in [0.3, 0.4) is 0 Å². The van der Waals surface area contributed by atoms with Crippen LogP contribution in [-0.2, 0) is 11.3 Å². The molecule has 0 amide bonds. The average molecular weight is 413 g/mol. The highest BCUT2D eigenvalue weighted by molar-refractivity contribution is 5.68. The van der Waals surface area contributed by atoms with E-state index in [1.165, 1.54) is 12.1 Å². The average Bonchev–Trinajstić information content (AvgIpc) is 3.47. The van der Waals surface area contributed by atoms with Crippen molar-refractivity contribution in [3.05, 3.63) is 59.4 Å². The second kappa shape index (κ2) is 9.04. The van der Waals surface area contributed by atoms with Gasteiger partial charge in [-0.15, -0.1) is 0 Å². The molecule has 0 aromatic heterocycles. The van der Waals surface area contributed by atoms with E-state index in [1.807, 2.05) is 24.3 Å². The van der Waals surface area contributed by atoms with E-state index in [1.54, 1.807) is 13.2 Å². The summed E-state index contributed by atoms with van der Waals surface area (Å²) < 4.78 is 25.2. The second-order valence-corrected chi connectivity index (χ2v) is 8.33. The number of likely N-dealkylation sites (tertiary alicyclic amines) is 1. The molecular weight excluding hydrogens is 385 g/mol. The Kier molecular flexibility index (Phi) is 6.23. The summed E-state index contributed by atoms with van der Waals surface area (Å²) in [6.07, 6.45) is 3.32. The fourth-order valence-corrected chi connectivity index (χ4v) is 4.40. The van der Waals surface area contributed by atoms with Crippen molar-refractivity contribution in [2.24, 2.45) is 5.92 Å². The Balaban J connectivity index is 1.38. The van der Waals surface area contributed by atoms with E-state index in [4.69, 9.17) is 9.47 Å². The van der Waals surface area contributed by atoms with Gasteiger partial charge in [0.25, 0.3) is 0 Å². The number of carboxylic acids is 1. The maximum absolute atomic E-state index is 13.6. The highest BCUT2D eigenvalue weighted by atomic mass is 19.1. The van der Waals surface area contributed by atoms with Gasteiger partial charge in [0.1, 0.15) is 23.4 Å². The van der Waals surface area contributed by atoms with Crippen molar-refractivity contribution < 1.29 is 23.8 Å². The monoisotopic (exact) mass is 413 g/mol. The summed E-state index contributed by atoms with van der Waals surface area (Å²) in [5.74, 6) is 1.00. The summed E-state index contributed by atoms with van der Waals surface area (Å²) in [6, 6.07) is 12.5. The Morgan fingerprint density at radius 2 is 2.07 bits per heavy atom. The molecule has 2 atom stereocenters. The van der Waals surface area contributed by atoms with Crippen molar-refractivity contribution >= 4 is 5.97 Å². The van der Waals surface area contributed by atoms with Crippen LogP contribution < -0.4 is 9.47 Å². The number of hydrogen-bond acceptors (Lipinski definition) is 4. The molecule has 0 bridgehead atoms. The van der Waals surface area contributed by atoms with Gasteiger partial charge in [-0.25, -0.2) is 4.39 Å². The molecule has 30 heavy (non-hydrogen) atoms. The summed E-state index contributed by atoms with van der Waals surface area (Å²) in [6.45, 7) is 2.24. The molecule has 2 aromatic rings. The van der Waals surface area contributed by atoms with Crippen LogP contribution in [0.4, 0.5) is 4.39 Å². The van der Waals surface area contributed by atoms with E-state index in [-0.39, 0.29) is 24.3 Å². The summed E-state index contributed by atoms with van der Waals surface area (Å²) in [5.41, 5.74) is 1.89. The van der Waals surface area contributed by atoms with Crippen LogP contribution in [0.15, 0.2) is 42.5 Å². The molecule has 1 heterocycles. The first kappa shape index (κ1) is 20.7. The molecule has 2 fully saturated rings. The van der Waals surface area contributed by atoms with Gasteiger partial charge in [0.2, 0.25) is 0 Å². The summed E-state index contributed by atoms with van der Waals surface area (Å²) in [7, 11) is 1.60. The van der Waals surface area contributed by atoms with Crippen LogP contribution in [0.5, 0.6) is 11.5 Å². The first-order valence-electron chi connectivity index (χ1n) is 10.5. The van der Waals surface area contributed by atoms with E-state index in [0.29, 0.717) is 18.2 Å². The summed E-state index contributed by atoms with van der Waals surface area (Å²) in [5, 5.41) is 9.26. The van der Waals surface area contributed by atoms with Gasteiger partial charge in [0.15, 0.2) is 0 Å². The minimum Gasteiger partial charge on any atom is -0.496 e. The molecule has 1 aliphatic heterocycles. The van der Waals surface area contributed by atoms with Crippen molar-refractivity contribution in [2.45, 2.75) is 44.2 Å². The smallest absolute Gasteiger partial charge is 0.303 e. The molecule has 0 radical (unpaired) electrons. The number of nitrogens with zero attached hydrogens (tertiary/aromatic N) is 1. The minimum absolute atomic E-state index is 0.0543. The molecular formula is C24H28FNO4. The first-order valence-corrected chi connectivity index (χ1v) is 10.5. The van der Waals surface area contributed by atoms with Crippen LogP contribution in [0, 0.1) is 11.7 Å². The van der Waals surface area contributed by atoms with E-state index in [0.717, 1.165) is 49.2 Å². The lowest BCUT2D eigenvalue weighted by Gasteiger charge is -2.20. The standard InChI is InChI=1S/C24H28FNO4/c1-29-23-8-7-19(25)11-18(23)14-26-10-9-21(15-26)30-20-4-2-3-17(12-20)22(13-24(27)28)16-5-6-16/h2-4,7-8,11-12,16,21-22H,5-6,9-10,13-15H2,1H3,(H,27,28). The quantitative estimate of drug-likeness (QED) is 0.658. The number of aliphatic carboxylic acids is 1. The Labute approximate surface area is 176 Å². The van der Waals surface area contributed by atoms with Gasteiger partial charge in [0.05, 0.1) is 13.5 Å². The molecule has 160 valence electrons. The molecule has 0 spiro atoms. The van der Waals surface area contributed by atoms with Crippen LogP contribution in [0.1, 0.15) is 42.7 Å². The third-order valence-corrected chi connectivity index (χ3v) is 6.04. The summed E-state index contributed by atoms with van der Waals surface area (Å²) in [4.78, 5) is 13.5. The number of hydrogen-bond donors (Lipinski definition) is 1. The zero-order chi connectivity index (χ0) is 21.1. The SMILES string of the molecule is COc1ccc(F)cc1CN1CCC(Oc2cccc(C(CC(=O)O)C3CC3)c2)C1. The molecule has 5 nitrogen and oxygen atoms in total. The lowest BCUT2D eigenvalue weighted by atomic mass is 9.91. The molecule has 6 heteroatoms. The van der Waals surface area contributed by atoms with Gasteiger partial charge in [-0.1, -0.05) is 12.1 Å². The second-order valence-electron chi connectivity index (χ2n) is 8.33. The summed E-state index contributed by atoms with van der Waals surface area (Å²) >= 11 is 0. The highest BCUT2D eigenvalue weighted by Gasteiger charge is 2.34. The van der Waals surface area contributed by atoms with Crippen LogP contribution >= 0.6 is 0 Å². The maximum Gasteiger partial charge on any atom is 0.303 e. The van der Waals surface area contributed by atoms with Gasteiger partial charge in [-0.2, -0.15) is 0 Å². The molecule has 2 aliphatic rings. The zero-order valence-corrected chi connectivity index (χ0v) is 17.2. The predicted octanol–water partition coefficient (Wildman–Crippen LogP) is 4.46. The normalized spacial score (nSPS) is 20.1.